The summed E-state index contributed by atoms with van der Waals surface area (Å²) in [5, 5.41) is 7.65. The molecule has 0 aliphatic carbocycles. The summed E-state index contributed by atoms with van der Waals surface area (Å²) in [4.78, 5) is 0. The second kappa shape index (κ2) is 5.38. The van der Waals surface area contributed by atoms with Crippen LogP contribution in [0.2, 0.25) is 5.02 Å². The van der Waals surface area contributed by atoms with E-state index in [4.69, 9.17) is 11.6 Å². The molecule has 0 bridgehead atoms. The van der Waals surface area contributed by atoms with E-state index in [2.05, 4.69) is 26.3 Å². The van der Waals surface area contributed by atoms with Crippen LogP contribution in [0.4, 0.5) is 4.39 Å². The normalized spacial score (nSPS) is 12.7. The van der Waals surface area contributed by atoms with Crippen LogP contribution >= 0.6 is 27.5 Å². The highest BCUT2D eigenvalue weighted by Gasteiger charge is 2.22. The molecule has 0 saturated carbocycles. The third-order valence-electron chi connectivity index (χ3n) is 2.77. The highest BCUT2D eigenvalue weighted by atomic mass is 79.9. The van der Waals surface area contributed by atoms with E-state index in [0.29, 0.717) is 15.1 Å². The highest BCUT2D eigenvalue weighted by molar-refractivity contribution is 9.10. The maximum absolute atomic E-state index is 14.0. The first kappa shape index (κ1) is 13.5. The van der Waals surface area contributed by atoms with Crippen LogP contribution < -0.4 is 5.32 Å². The predicted octanol–water partition coefficient (Wildman–Crippen LogP) is 3.28. The smallest absolute Gasteiger partial charge is 0.129 e. The van der Waals surface area contributed by atoms with Crippen molar-refractivity contribution in [3.05, 3.63) is 51.0 Å². The summed E-state index contributed by atoms with van der Waals surface area (Å²) in [5.41, 5.74) is 1.27. The van der Waals surface area contributed by atoms with E-state index >= 15 is 0 Å². The Bertz CT molecular complexity index is 551. The van der Waals surface area contributed by atoms with E-state index < -0.39 is 0 Å². The molecular formula is C12H12BrClFN3. The summed E-state index contributed by atoms with van der Waals surface area (Å²) in [6, 6.07) is 4.62. The van der Waals surface area contributed by atoms with Crippen molar-refractivity contribution in [3.8, 4) is 0 Å². The van der Waals surface area contributed by atoms with E-state index in [9.17, 15) is 4.39 Å². The number of aryl methyl sites for hydroxylation is 1. The van der Waals surface area contributed by atoms with Crippen LogP contribution in [-0.4, -0.2) is 16.8 Å². The van der Waals surface area contributed by atoms with Gasteiger partial charge >= 0.3 is 0 Å². The van der Waals surface area contributed by atoms with Crippen LogP contribution in [0.25, 0.3) is 0 Å². The van der Waals surface area contributed by atoms with Gasteiger partial charge in [0.25, 0.3) is 0 Å². The molecule has 0 spiro atoms. The van der Waals surface area contributed by atoms with Crippen molar-refractivity contribution in [3.63, 3.8) is 0 Å². The van der Waals surface area contributed by atoms with E-state index in [1.54, 1.807) is 37.1 Å². The quantitative estimate of drug-likeness (QED) is 0.935. The molecule has 1 aromatic heterocycles. The Labute approximate surface area is 118 Å². The highest BCUT2D eigenvalue weighted by Crippen LogP contribution is 2.30. The summed E-state index contributed by atoms with van der Waals surface area (Å²) in [7, 11) is 3.54. The van der Waals surface area contributed by atoms with Crippen molar-refractivity contribution in [2.75, 3.05) is 7.05 Å². The molecule has 0 fully saturated rings. The van der Waals surface area contributed by atoms with Crippen molar-refractivity contribution in [2.45, 2.75) is 6.04 Å². The van der Waals surface area contributed by atoms with Crippen LogP contribution in [0.3, 0.4) is 0 Å². The number of nitrogens with zero attached hydrogens (tertiary/aromatic N) is 2. The maximum Gasteiger partial charge on any atom is 0.129 e. The van der Waals surface area contributed by atoms with Crippen molar-refractivity contribution in [2.24, 2.45) is 7.05 Å². The number of halogens is 3. The molecule has 1 heterocycles. The minimum Gasteiger partial charge on any atom is -0.308 e. The Hall–Kier alpha value is -0.910. The van der Waals surface area contributed by atoms with Gasteiger partial charge in [0, 0.05) is 17.1 Å². The second-order valence-corrected chi connectivity index (χ2v) is 5.21. The number of hydrogen-bond acceptors (Lipinski definition) is 2. The van der Waals surface area contributed by atoms with Gasteiger partial charge in [0.05, 0.1) is 23.0 Å². The van der Waals surface area contributed by atoms with Crippen molar-refractivity contribution >= 4 is 27.5 Å². The average molecular weight is 333 g/mol. The van der Waals surface area contributed by atoms with E-state index in [1.165, 1.54) is 6.07 Å². The van der Waals surface area contributed by atoms with E-state index in [1.807, 2.05) is 0 Å². The van der Waals surface area contributed by atoms with Gasteiger partial charge < -0.3 is 5.32 Å². The van der Waals surface area contributed by atoms with Gasteiger partial charge in [-0.1, -0.05) is 33.6 Å². The van der Waals surface area contributed by atoms with Crippen molar-refractivity contribution < 1.29 is 4.39 Å². The van der Waals surface area contributed by atoms with Gasteiger partial charge in [0.15, 0.2) is 0 Å². The molecule has 3 nitrogen and oxygen atoms in total. The molecule has 0 saturated heterocycles. The predicted molar refractivity (Wildman–Crippen MR) is 73.2 cm³/mol. The van der Waals surface area contributed by atoms with Gasteiger partial charge in [-0.3, -0.25) is 4.68 Å². The molecule has 1 unspecified atom stereocenters. The summed E-state index contributed by atoms with van der Waals surface area (Å²) in [5.74, 6) is -0.291. The first-order valence-electron chi connectivity index (χ1n) is 5.34. The van der Waals surface area contributed by atoms with E-state index in [0.717, 1.165) is 5.69 Å². The maximum atomic E-state index is 14.0. The van der Waals surface area contributed by atoms with Crippen LogP contribution in [0.15, 0.2) is 28.9 Å². The lowest BCUT2D eigenvalue weighted by atomic mass is 10.0. The summed E-state index contributed by atoms with van der Waals surface area (Å²) < 4.78 is 16.3. The SMILES string of the molecule is CNC(c1ccc(Br)cc1F)c1c(Cl)cnn1C. The molecule has 1 N–H and O–H groups in total. The van der Waals surface area contributed by atoms with Gasteiger partial charge in [-0.05, 0) is 19.2 Å². The summed E-state index contributed by atoms with van der Waals surface area (Å²) in [6.45, 7) is 0. The van der Waals surface area contributed by atoms with Crippen LogP contribution in [0, 0.1) is 5.82 Å². The van der Waals surface area contributed by atoms with Gasteiger partial charge in [0.2, 0.25) is 0 Å². The first-order chi connectivity index (χ1) is 8.54. The third-order valence-corrected chi connectivity index (χ3v) is 3.56. The largest absolute Gasteiger partial charge is 0.308 e. The fraction of sp³-hybridized carbons (Fsp3) is 0.250. The standard InChI is InChI=1S/C12H12BrClFN3/c1-16-11(12-9(14)6-17-18(12)2)8-4-3-7(13)5-10(8)15/h3-6,11,16H,1-2H3. The number of rotatable bonds is 3. The molecular weight excluding hydrogens is 321 g/mol. The Balaban J connectivity index is 2.52. The van der Waals surface area contributed by atoms with Gasteiger partial charge in [-0.25, -0.2) is 4.39 Å². The number of benzene rings is 1. The number of nitrogens with one attached hydrogen (secondary N) is 1. The minimum atomic E-state index is -0.335. The lowest BCUT2D eigenvalue weighted by Gasteiger charge is -2.18. The lowest BCUT2D eigenvalue weighted by molar-refractivity contribution is 0.551. The van der Waals surface area contributed by atoms with E-state index in [-0.39, 0.29) is 11.9 Å². The Morgan fingerprint density at radius 1 is 1.50 bits per heavy atom. The minimum absolute atomic E-state index is 0.291. The monoisotopic (exact) mass is 331 g/mol. The van der Waals surface area contributed by atoms with Crippen LogP contribution in [0.5, 0.6) is 0 Å². The lowest BCUT2D eigenvalue weighted by Crippen LogP contribution is -2.22. The van der Waals surface area contributed by atoms with Crippen molar-refractivity contribution in [1.29, 1.82) is 0 Å². The number of aromatic nitrogens is 2. The molecule has 0 amide bonds. The molecule has 0 aliphatic heterocycles. The molecule has 2 aromatic rings. The Morgan fingerprint density at radius 3 is 2.72 bits per heavy atom. The molecule has 96 valence electrons. The molecule has 0 aliphatic rings. The van der Waals surface area contributed by atoms with Crippen LogP contribution in [0.1, 0.15) is 17.3 Å². The fourth-order valence-electron chi connectivity index (χ4n) is 1.92. The molecule has 1 aromatic carbocycles. The zero-order valence-electron chi connectivity index (χ0n) is 9.92. The van der Waals surface area contributed by atoms with Crippen LogP contribution in [-0.2, 0) is 7.05 Å². The van der Waals surface area contributed by atoms with Gasteiger partial charge in [-0.15, -0.1) is 0 Å². The molecule has 1 atom stereocenters. The topological polar surface area (TPSA) is 29.9 Å². The summed E-state index contributed by atoms with van der Waals surface area (Å²) in [6.07, 6.45) is 1.55. The average Bonchev–Trinajstić information content (AvgIpc) is 2.64. The first-order valence-corrected chi connectivity index (χ1v) is 6.51. The Kier molecular flexibility index (Phi) is 4.04. The molecule has 6 heteroatoms. The molecule has 2 rings (SSSR count). The second-order valence-electron chi connectivity index (χ2n) is 3.89. The van der Waals surface area contributed by atoms with Crippen molar-refractivity contribution in [1.82, 2.24) is 15.1 Å². The summed E-state index contributed by atoms with van der Waals surface area (Å²) >= 11 is 9.34. The molecule has 0 radical (unpaired) electrons. The zero-order valence-corrected chi connectivity index (χ0v) is 12.3. The molecule has 18 heavy (non-hydrogen) atoms. The fourth-order valence-corrected chi connectivity index (χ4v) is 2.53. The number of hydrogen-bond donors (Lipinski definition) is 1. The third kappa shape index (κ3) is 2.43. The zero-order chi connectivity index (χ0) is 13.3. The Morgan fingerprint density at radius 2 is 2.22 bits per heavy atom. The van der Waals surface area contributed by atoms with Gasteiger partial charge in [-0.2, -0.15) is 5.10 Å². The van der Waals surface area contributed by atoms with Gasteiger partial charge in [0.1, 0.15) is 5.82 Å².